The molecular formula is C26H33F2N5O. The highest BCUT2D eigenvalue weighted by Gasteiger charge is 2.46. The van der Waals surface area contributed by atoms with Crippen molar-refractivity contribution in [1.82, 2.24) is 24.7 Å². The van der Waals surface area contributed by atoms with Gasteiger partial charge in [0.2, 0.25) is 0 Å². The molecule has 2 aromatic rings. The maximum absolute atomic E-state index is 13.1. The zero-order valence-corrected chi connectivity index (χ0v) is 20.0. The molecule has 8 heteroatoms. The monoisotopic (exact) mass is 469 g/mol. The van der Waals surface area contributed by atoms with Crippen LogP contribution in [0.4, 0.5) is 8.78 Å². The molecule has 3 fully saturated rings. The number of rotatable bonds is 7. The molecule has 5 rings (SSSR count). The molecule has 34 heavy (non-hydrogen) atoms. The molecule has 3 aliphatic rings. The van der Waals surface area contributed by atoms with Gasteiger partial charge in [-0.25, -0.2) is 18.7 Å². The van der Waals surface area contributed by atoms with Gasteiger partial charge < -0.3 is 9.80 Å². The van der Waals surface area contributed by atoms with Crippen LogP contribution in [0.5, 0.6) is 0 Å². The van der Waals surface area contributed by atoms with Crippen LogP contribution in [0.2, 0.25) is 0 Å². The molecule has 2 unspecified atom stereocenters. The van der Waals surface area contributed by atoms with Crippen molar-refractivity contribution >= 4 is 5.91 Å². The number of aromatic nitrogens is 2. The van der Waals surface area contributed by atoms with E-state index < -0.39 is 6.43 Å². The zero-order valence-electron chi connectivity index (χ0n) is 20.0. The third-order valence-corrected chi connectivity index (χ3v) is 8.03. The van der Waals surface area contributed by atoms with Crippen LogP contribution in [0.1, 0.15) is 33.7 Å². The highest BCUT2D eigenvalue weighted by atomic mass is 19.3. The Kier molecular flexibility index (Phi) is 6.37. The maximum Gasteiger partial charge on any atom is 0.257 e. The topological polar surface area (TPSA) is 52.6 Å². The van der Waals surface area contributed by atoms with Crippen molar-refractivity contribution in [3.05, 3.63) is 59.2 Å². The molecule has 1 aromatic carbocycles. The summed E-state index contributed by atoms with van der Waals surface area (Å²) in [4.78, 5) is 27.9. The van der Waals surface area contributed by atoms with Crippen molar-refractivity contribution < 1.29 is 13.6 Å². The summed E-state index contributed by atoms with van der Waals surface area (Å²) in [7, 11) is 0. The Bertz CT molecular complexity index is 993. The lowest BCUT2D eigenvalue weighted by Crippen LogP contribution is -2.61. The van der Waals surface area contributed by atoms with Crippen LogP contribution in [0, 0.1) is 25.7 Å². The molecule has 3 aliphatic heterocycles. The van der Waals surface area contributed by atoms with Crippen LogP contribution in [0.3, 0.4) is 0 Å². The number of amides is 1. The first-order valence-electron chi connectivity index (χ1n) is 12.2. The number of benzene rings is 1. The van der Waals surface area contributed by atoms with Gasteiger partial charge in [-0.3, -0.25) is 9.69 Å². The lowest BCUT2D eigenvalue weighted by molar-refractivity contribution is -0.000731. The van der Waals surface area contributed by atoms with Gasteiger partial charge in [0.25, 0.3) is 12.3 Å². The van der Waals surface area contributed by atoms with Gasteiger partial charge in [0.1, 0.15) is 6.33 Å². The number of carbonyl (C=O) groups is 1. The molecule has 0 saturated carbocycles. The number of nitrogens with zero attached hydrogens (tertiary/aromatic N) is 5. The summed E-state index contributed by atoms with van der Waals surface area (Å²) in [5, 5.41) is 0. The lowest BCUT2D eigenvalue weighted by atomic mass is 9.71. The van der Waals surface area contributed by atoms with Crippen molar-refractivity contribution in [2.45, 2.75) is 32.1 Å². The number of aryl methyl sites for hydroxylation is 2. The molecule has 0 spiro atoms. The van der Waals surface area contributed by atoms with Crippen molar-refractivity contribution in [3.63, 3.8) is 0 Å². The predicted molar refractivity (Wildman–Crippen MR) is 126 cm³/mol. The smallest absolute Gasteiger partial charge is 0.257 e. The predicted octanol–water partition coefficient (Wildman–Crippen LogP) is 3.01. The molecule has 0 radical (unpaired) electrons. The van der Waals surface area contributed by atoms with Crippen LogP contribution < -0.4 is 0 Å². The van der Waals surface area contributed by atoms with Crippen molar-refractivity contribution in [3.8, 4) is 0 Å². The molecule has 1 amide bonds. The van der Waals surface area contributed by atoms with E-state index in [-0.39, 0.29) is 17.9 Å². The lowest BCUT2D eigenvalue weighted by Gasteiger charge is -2.51. The first-order chi connectivity index (χ1) is 16.3. The summed E-state index contributed by atoms with van der Waals surface area (Å²) < 4.78 is 25.8. The fraction of sp³-hybridized carbons (Fsp3) is 0.577. The summed E-state index contributed by atoms with van der Waals surface area (Å²) in [5.41, 5.74) is 3.33. The number of hydrogen-bond acceptors (Lipinski definition) is 5. The number of carbonyl (C=O) groups excluding carboxylic acids is 1. The Morgan fingerprint density at radius 2 is 1.62 bits per heavy atom. The molecule has 2 atom stereocenters. The summed E-state index contributed by atoms with van der Waals surface area (Å²) in [6.07, 6.45) is 0.195. The fourth-order valence-corrected chi connectivity index (χ4v) is 6.28. The summed E-state index contributed by atoms with van der Waals surface area (Å²) in [6.45, 7) is 9.48. The Hall–Kier alpha value is -2.45. The van der Waals surface area contributed by atoms with E-state index in [9.17, 15) is 13.6 Å². The first-order valence-corrected chi connectivity index (χ1v) is 12.2. The van der Waals surface area contributed by atoms with Crippen LogP contribution in [0.25, 0.3) is 0 Å². The van der Waals surface area contributed by atoms with Crippen molar-refractivity contribution in [2.75, 3.05) is 52.4 Å². The average molecular weight is 470 g/mol. The summed E-state index contributed by atoms with van der Waals surface area (Å²) in [6, 6.07) is 10.4. The van der Waals surface area contributed by atoms with Gasteiger partial charge in [0, 0.05) is 44.7 Å². The van der Waals surface area contributed by atoms with E-state index in [1.807, 2.05) is 41.8 Å². The van der Waals surface area contributed by atoms with Gasteiger partial charge in [-0.1, -0.05) is 30.3 Å². The molecule has 182 valence electrons. The van der Waals surface area contributed by atoms with Gasteiger partial charge in [0.15, 0.2) is 0 Å². The highest BCUT2D eigenvalue weighted by molar-refractivity contribution is 5.96. The van der Waals surface area contributed by atoms with E-state index in [0.717, 1.165) is 50.5 Å². The largest absolute Gasteiger partial charge is 0.338 e. The minimum Gasteiger partial charge on any atom is -0.338 e. The molecule has 6 nitrogen and oxygen atoms in total. The number of likely N-dealkylation sites (tertiary alicyclic amines) is 3. The fourth-order valence-electron chi connectivity index (χ4n) is 6.28. The van der Waals surface area contributed by atoms with E-state index >= 15 is 0 Å². The van der Waals surface area contributed by atoms with E-state index in [0.29, 0.717) is 30.5 Å². The third-order valence-electron chi connectivity index (χ3n) is 8.03. The second-order valence-corrected chi connectivity index (χ2v) is 10.4. The molecule has 0 N–H and O–H groups in total. The van der Waals surface area contributed by atoms with Crippen LogP contribution in [0.15, 0.2) is 36.7 Å². The zero-order chi connectivity index (χ0) is 23.9. The Labute approximate surface area is 200 Å². The SMILES string of the molecule is Cc1ncnc(C)c1C(=O)N1CC2CN(CCC3(c4ccccc4)CN(CC(F)F)C3)CC2C1. The number of fused-ring (bicyclic) bond motifs is 1. The number of halogens is 2. The van der Waals surface area contributed by atoms with Gasteiger partial charge in [-0.05, 0) is 44.2 Å². The normalized spacial score (nSPS) is 24.4. The van der Waals surface area contributed by atoms with E-state index in [1.54, 1.807) is 0 Å². The molecule has 4 heterocycles. The van der Waals surface area contributed by atoms with Crippen LogP contribution in [-0.4, -0.2) is 89.4 Å². The second-order valence-electron chi connectivity index (χ2n) is 10.4. The molecule has 0 aliphatic carbocycles. The third kappa shape index (κ3) is 4.45. The maximum atomic E-state index is 13.1. The first kappa shape index (κ1) is 23.3. The summed E-state index contributed by atoms with van der Waals surface area (Å²) >= 11 is 0. The molecule has 3 saturated heterocycles. The van der Waals surface area contributed by atoms with Gasteiger partial charge in [-0.15, -0.1) is 0 Å². The Balaban J connectivity index is 1.18. The van der Waals surface area contributed by atoms with Crippen LogP contribution in [-0.2, 0) is 5.41 Å². The minimum absolute atomic E-state index is 0.0434. The Morgan fingerprint density at radius 1 is 1.00 bits per heavy atom. The van der Waals surface area contributed by atoms with Crippen molar-refractivity contribution in [1.29, 1.82) is 0 Å². The second kappa shape index (κ2) is 9.30. The Morgan fingerprint density at radius 3 is 2.21 bits per heavy atom. The molecule has 1 aromatic heterocycles. The highest BCUT2D eigenvalue weighted by Crippen LogP contribution is 2.39. The van der Waals surface area contributed by atoms with E-state index in [4.69, 9.17) is 0 Å². The van der Waals surface area contributed by atoms with Gasteiger partial charge >= 0.3 is 0 Å². The molecular weight excluding hydrogens is 436 g/mol. The quantitative estimate of drug-likeness (QED) is 0.624. The van der Waals surface area contributed by atoms with E-state index in [2.05, 4.69) is 27.0 Å². The average Bonchev–Trinajstić information content (AvgIpc) is 3.34. The number of alkyl halides is 2. The standard InChI is InChI=1S/C26H33F2N5O/c1-18-24(19(2)30-17-29-18)25(34)33-12-20-10-31(11-21(20)13-33)9-8-26(22-6-4-3-5-7-22)15-32(16-26)14-23(27)28/h3-7,17,20-21,23H,8-16H2,1-2H3. The van der Waals surface area contributed by atoms with E-state index in [1.165, 1.54) is 11.9 Å². The molecule has 0 bridgehead atoms. The summed E-state index contributed by atoms with van der Waals surface area (Å²) in [5.74, 6) is 1.02. The number of hydrogen-bond donors (Lipinski definition) is 0. The van der Waals surface area contributed by atoms with Gasteiger partial charge in [-0.2, -0.15) is 0 Å². The van der Waals surface area contributed by atoms with Crippen molar-refractivity contribution in [2.24, 2.45) is 11.8 Å². The van der Waals surface area contributed by atoms with Gasteiger partial charge in [0.05, 0.1) is 23.5 Å². The minimum atomic E-state index is -2.28. The van der Waals surface area contributed by atoms with Crippen LogP contribution >= 0.6 is 0 Å².